The molecule has 1 aromatic carbocycles. The van der Waals surface area contributed by atoms with Crippen molar-refractivity contribution >= 4 is 24.1 Å². The van der Waals surface area contributed by atoms with E-state index in [1.807, 2.05) is 0 Å². The molecule has 0 aromatic heterocycles. The first-order valence-corrected chi connectivity index (χ1v) is 6.73. The number of rotatable bonds is 4. The molecule has 8 heteroatoms. The Morgan fingerprint density at radius 3 is 2.30 bits per heavy atom. The summed E-state index contributed by atoms with van der Waals surface area (Å²) < 4.78 is 45.9. The number of esters is 1. The van der Waals surface area contributed by atoms with Gasteiger partial charge in [0.15, 0.2) is 5.75 Å². The number of benzene rings is 1. The van der Waals surface area contributed by atoms with Gasteiger partial charge in [0.2, 0.25) is 0 Å². The fraction of sp³-hybridized carbons (Fsp3) is 0.533. The maximum atomic E-state index is 12.3. The highest BCUT2D eigenvalue weighted by atomic mass is 35.5. The maximum Gasteiger partial charge on any atom is 0.573 e. The Morgan fingerprint density at radius 2 is 1.83 bits per heavy atom. The van der Waals surface area contributed by atoms with Gasteiger partial charge in [0.25, 0.3) is 0 Å². The number of carbonyl (C=O) groups excluding carboxylic acids is 1. The molecule has 132 valence electrons. The summed E-state index contributed by atoms with van der Waals surface area (Å²) in [5.74, 6) is -1.21. The van der Waals surface area contributed by atoms with Gasteiger partial charge in [-0.3, -0.25) is 4.79 Å². The SMILES string of the molecule is CC(COC(=O)C(C)(C)C)c1cccc(OC(F)(F)F)c1N.Cl. The maximum absolute atomic E-state index is 12.3. The quantitative estimate of drug-likeness (QED) is 0.646. The topological polar surface area (TPSA) is 61.5 Å². The number of carbonyl (C=O) groups is 1. The van der Waals surface area contributed by atoms with E-state index < -0.39 is 17.5 Å². The highest BCUT2D eigenvalue weighted by Gasteiger charge is 2.32. The molecule has 4 nitrogen and oxygen atoms in total. The summed E-state index contributed by atoms with van der Waals surface area (Å²) in [7, 11) is 0. The minimum Gasteiger partial charge on any atom is -0.465 e. The van der Waals surface area contributed by atoms with Gasteiger partial charge in [0.1, 0.15) is 0 Å². The molecule has 0 amide bonds. The predicted octanol–water partition coefficient (Wildman–Crippen LogP) is 4.28. The molecule has 0 fully saturated rings. The number of ether oxygens (including phenoxy) is 2. The summed E-state index contributed by atoms with van der Waals surface area (Å²) >= 11 is 0. The van der Waals surface area contributed by atoms with Gasteiger partial charge in [0, 0.05) is 5.92 Å². The summed E-state index contributed by atoms with van der Waals surface area (Å²) in [6.45, 7) is 6.87. The van der Waals surface area contributed by atoms with Crippen LogP contribution in [0, 0.1) is 5.41 Å². The zero-order chi connectivity index (χ0) is 17.1. The molecule has 0 aliphatic carbocycles. The summed E-state index contributed by atoms with van der Waals surface area (Å²) in [5.41, 5.74) is 5.39. The fourth-order valence-electron chi connectivity index (χ4n) is 1.71. The number of para-hydroxylation sites is 1. The summed E-state index contributed by atoms with van der Waals surface area (Å²) in [4.78, 5) is 11.7. The van der Waals surface area contributed by atoms with E-state index in [2.05, 4.69) is 4.74 Å². The van der Waals surface area contributed by atoms with E-state index in [1.54, 1.807) is 33.8 Å². The minimum atomic E-state index is -4.81. The largest absolute Gasteiger partial charge is 0.573 e. The fourth-order valence-corrected chi connectivity index (χ4v) is 1.71. The van der Waals surface area contributed by atoms with Gasteiger partial charge in [-0.1, -0.05) is 19.1 Å². The minimum absolute atomic E-state index is 0. The summed E-state index contributed by atoms with van der Waals surface area (Å²) in [6.07, 6.45) is -4.81. The third-order valence-electron chi connectivity index (χ3n) is 2.93. The molecular weight excluding hydrogens is 335 g/mol. The zero-order valence-corrected chi connectivity index (χ0v) is 14.2. The Kier molecular flexibility index (Phi) is 7.22. The highest BCUT2D eigenvalue weighted by Crippen LogP contribution is 2.34. The van der Waals surface area contributed by atoms with Crippen molar-refractivity contribution in [2.24, 2.45) is 5.41 Å². The number of alkyl halides is 3. The van der Waals surface area contributed by atoms with E-state index in [9.17, 15) is 18.0 Å². The van der Waals surface area contributed by atoms with E-state index in [1.165, 1.54) is 6.07 Å². The molecule has 0 spiro atoms. The third kappa shape index (κ3) is 6.56. The molecule has 23 heavy (non-hydrogen) atoms. The van der Waals surface area contributed by atoms with E-state index >= 15 is 0 Å². The highest BCUT2D eigenvalue weighted by molar-refractivity contribution is 5.85. The van der Waals surface area contributed by atoms with Crippen LogP contribution >= 0.6 is 12.4 Å². The second-order valence-corrected chi connectivity index (χ2v) is 6.06. The number of nitrogens with two attached hydrogens (primary N) is 1. The monoisotopic (exact) mass is 355 g/mol. The molecule has 1 unspecified atom stereocenters. The van der Waals surface area contributed by atoms with Gasteiger partial charge < -0.3 is 15.2 Å². The van der Waals surface area contributed by atoms with E-state index in [0.717, 1.165) is 6.07 Å². The van der Waals surface area contributed by atoms with Crippen LogP contribution in [0.3, 0.4) is 0 Å². The van der Waals surface area contributed by atoms with Crippen LogP contribution < -0.4 is 10.5 Å². The van der Waals surface area contributed by atoms with Gasteiger partial charge in [0.05, 0.1) is 17.7 Å². The Morgan fingerprint density at radius 1 is 1.26 bits per heavy atom. The molecule has 2 N–H and O–H groups in total. The molecule has 0 heterocycles. The second kappa shape index (κ2) is 7.77. The van der Waals surface area contributed by atoms with Crippen LogP contribution in [-0.2, 0) is 9.53 Å². The van der Waals surface area contributed by atoms with Crippen molar-refractivity contribution in [3.8, 4) is 5.75 Å². The van der Waals surface area contributed by atoms with E-state index in [0.29, 0.717) is 5.56 Å². The molecule has 1 aromatic rings. The van der Waals surface area contributed by atoms with Crippen molar-refractivity contribution < 1.29 is 27.4 Å². The van der Waals surface area contributed by atoms with Gasteiger partial charge in [-0.15, -0.1) is 25.6 Å². The number of nitrogen functional groups attached to an aromatic ring is 1. The molecule has 1 rings (SSSR count). The number of anilines is 1. The lowest BCUT2D eigenvalue weighted by atomic mass is 9.96. The lowest BCUT2D eigenvalue weighted by Crippen LogP contribution is -2.25. The number of hydrogen-bond acceptors (Lipinski definition) is 4. The Hall–Kier alpha value is -1.63. The molecule has 0 saturated carbocycles. The molecular formula is C15H21ClF3NO3. The van der Waals surface area contributed by atoms with Crippen LogP contribution in [0.1, 0.15) is 39.2 Å². The lowest BCUT2D eigenvalue weighted by Gasteiger charge is -2.21. The first-order chi connectivity index (χ1) is 9.92. The second-order valence-electron chi connectivity index (χ2n) is 6.06. The van der Waals surface area contributed by atoms with Gasteiger partial charge in [-0.25, -0.2) is 0 Å². The van der Waals surface area contributed by atoms with Crippen molar-refractivity contribution in [1.82, 2.24) is 0 Å². The normalized spacial score (nSPS) is 13.0. The van der Waals surface area contributed by atoms with Gasteiger partial charge in [-0.2, -0.15) is 0 Å². The van der Waals surface area contributed by atoms with Crippen molar-refractivity contribution in [1.29, 1.82) is 0 Å². The average molecular weight is 356 g/mol. The predicted molar refractivity (Wildman–Crippen MR) is 83.6 cm³/mol. The van der Waals surface area contributed by atoms with Gasteiger partial charge in [-0.05, 0) is 32.4 Å². The Labute approximate surface area is 139 Å². The Balaban J connectivity index is 0.00000484. The molecule has 1 atom stereocenters. The molecule has 0 aliphatic heterocycles. The molecule has 0 bridgehead atoms. The number of hydrogen-bond donors (Lipinski definition) is 1. The first-order valence-electron chi connectivity index (χ1n) is 6.73. The Bertz CT molecular complexity index is 542. The smallest absolute Gasteiger partial charge is 0.465 e. The van der Waals surface area contributed by atoms with Crippen LogP contribution in [0.15, 0.2) is 18.2 Å². The summed E-state index contributed by atoms with van der Waals surface area (Å²) in [6, 6.07) is 4.13. The van der Waals surface area contributed by atoms with Gasteiger partial charge >= 0.3 is 12.3 Å². The van der Waals surface area contributed by atoms with Crippen molar-refractivity contribution in [2.75, 3.05) is 12.3 Å². The molecule has 0 saturated heterocycles. The molecule has 0 radical (unpaired) electrons. The average Bonchev–Trinajstić information content (AvgIpc) is 2.35. The van der Waals surface area contributed by atoms with Crippen LogP contribution in [0.2, 0.25) is 0 Å². The third-order valence-corrected chi connectivity index (χ3v) is 2.93. The van der Waals surface area contributed by atoms with Crippen LogP contribution in [-0.4, -0.2) is 18.9 Å². The zero-order valence-electron chi connectivity index (χ0n) is 13.4. The van der Waals surface area contributed by atoms with Crippen LogP contribution in [0.25, 0.3) is 0 Å². The van der Waals surface area contributed by atoms with Crippen molar-refractivity contribution in [3.63, 3.8) is 0 Å². The van der Waals surface area contributed by atoms with Crippen LogP contribution in [0.4, 0.5) is 18.9 Å². The summed E-state index contributed by atoms with van der Waals surface area (Å²) in [5, 5.41) is 0. The van der Waals surface area contributed by atoms with E-state index in [-0.39, 0.29) is 36.6 Å². The van der Waals surface area contributed by atoms with Crippen molar-refractivity contribution in [2.45, 2.75) is 40.0 Å². The van der Waals surface area contributed by atoms with Crippen molar-refractivity contribution in [3.05, 3.63) is 23.8 Å². The molecule has 0 aliphatic rings. The van der Waals surface area contributed by atoms with E-state index in [4.69, 9.17) is 10.5 Å². The standard InChI is InChI=1S/C15H20F3NO3.ClH/c1-9(8-21-13(20)14(2,3)4)10-6-5-7-11(12(10)19)22-15(16,17)18;/h5-7,9H,8,19H2,1-4H3;1H. The number of halogens is 4. The first kappa shape index (κ1) is 21.4. The van der Waals surface area contributed by atoms with Crippen LogP contribution in [0.5, 0.6) is 5.75 Å². The lowest BCUT2D eigenvalue weighted by molar-refractivity contribution is -0.274.